The first-order chi connectivity index (χ1) is 9.16. The number of nitrogens with zero attached hydrogens (tertiary/aromatic N) is 1. The molecular formula is C15H16N2O2. The number of anilines is 1. The third-order valence-corrected chi connectivity index (χ3v) is 2.98. The van der Waals surface area contributed by atoms with Crippen molar-refractivity contribution >= 4 is 11.4 Å². The quantitative estimate of drug-likeness (QED) is 0.657. The van der Waals surface area contributed by atoms with Gasteiger partial charge < -0.3 is 5.32 Å². The summed E-state index contributed by atoms with van der Waals surface area (Å²) in [6.07, 6.45) is 0.927. The van der Waals surface area contributed by atoms with Crippen LogP contribution in [0.2, 0.25) is 0 Å². The van der Waals surface area contributed by atoms with Crippen LogP contribution in [0.25, 0.3) is 0 Å². The van der Waals surface area contributed by atoms with Crippen LogP contribution in [-0.2, 0) is 6.42 Å². The van der Waals surface area contributed by atoms with E-state index >= 15 is 0 Å². The first-order valence-corrected chi connectivity index (χ1v) is 6.19. The maximum atomic E-state index is 10.7. The van der Waals surface area contributed by atoms with Gasteiger partial charge in [0.1, 0.15) is 0 Å². The van der Waals surface area contributed by atoms with Crippen molar-refractivity contribution in [1.29, 1.82) is 0 Å². The average molecular weight is 256 g/mol. The molecule has 0 amide bonds. The van der Waals surface area contributed by atoms with Gasteiger partial charge in [0.25, 0.3) is 5.69 Å². The molecule has 0 aromatic heterocycles. The van der Waals surface area contributed by atoms with Gasteiger partial charge in [-0.05, 0) is 31.0 Å². The predicted molar refractivity (Wildman–Crippen MR) is 76.5 cm³/mol. The fourth-order valence-electron chi connectivity index (χ4n) is 1.97. The van der Waals surface area contributed by atoms with E-state index in [9.17, 15) is 10.1 Å². The minimum absolute atomic E-state index is 0.161. The van der Waals surface area contributed by atoms with Crippen molar-refractivity contribution in [2.75, 3.05) is 11.9 Å². The molecule has 0 unspecified atom stereocenters. The predicted octanol–water partition coefficient (Wildman–Crippen LogP) is 3.56. The Hall–Kier alpha value is -2.36. The summed E-state index contributed by atoms with van der Waals surface area (Å²) in [6, 6.07) is 15.3. The topological polar surface area (TPSA) is 55.2 Å². The van der Waals surface area contributed by atoms with E-state index in [1.54, 1.807) is 19.1 Å². The van der Waals surface area contributed by atoms with Crippen molar-refractivity contribution in [2.45, 2.75) is 13.3 Å². The van der Waals surface area contributed by atoms with E-state index in [0.29, 0.717) is 5.56 Å². The number of hydrogen-bond acceptors (Lipinski definition) is 3. The Morgan fingerprint density at radius 1 is 1.16 bits per heavy atom. The second-order valence-electron chi connectivity index (χ2n) is 4.42. The maximum Gasteiger partial charge on any atom is 0.272 e. The van der Waals surface area contributed by atoms with Crippen molar-refractivity contribution in [3.05, 3.63) is 69.8 Å². The lowest BCUT2D eigenvalue weighted by Gasteiger charge is -2.07. The minimum Gasteiger partial charge on any atom is -0.385 e. The van der Waals surface area contributed by atoms with Crippen molar-refractivity contribution in [1.82, 2.24) is 0 Å². The molecule has 2 rings (SSSR count). The number of aryl methyl sites for hydroxylation is 1. The fourth-order valence-corrected chi connectivity index (χ4v) is 1.97. The lowest BCUT2D eigenvalue weighted by atomic mass is 10.1. The molecule has 19 heavy (non-hydrogen) atoms. The summed E-state index contributed by atoms with van der Waals surface area (Å²) < 4.78 is 0. The van der Waals surface area contributed by atoms with Gasteiger partial charge in [0.15, 0.2) is 0 Å². The van der Waals surface area contributed by atoms with Crippen LogP contribution in [0.1, 0.15) is 11.1 Å². The highest BCUT2D eigenvalue weighted by atomic mass is 16.6. The standard InChI is InChI=1S/C15H16N2O2/c1-12-11-14(7-8-15(12)17(18)19)16-10-9-13-5-3-2-4-6-13/h2-8,11,16H,9-10H2,1H3. The minimum atomic E-state index is -0.358. The Morgan fingerprint density at radius 2 is 1.89 bits per heavy atom. The molecule has 0 radical (unpaired) electrons. The van der Waals surface area contributed by atoms with Crippen LogP contribution in [0.4, 0.5) is 11.4 Å². The number of hydrogen-bond donors (Lipinski definition) is 1. The molecule has 4 heteroatoms. The highest BCUT2D eigenvalue weighted by molar-refractivity contribution is 5.53. The first-order valence-electron chi connectivity index (χ1n) is 6.19. The smallest absolute Gasteiger partial charge is 0.272 e. The Balaban J connectivity index is 1.93. The molecule has 4 nitrogen and oxygen atoms in total. The molecule has 0 spiro atoms. The summed E-state index contributed by atoms with van der Waals surface area (Å²) in [5, 5.41) is 14.0. The molecular weight excluding hydrogens is 240 g/mol. The number of nitrogens with one attached hydrogen (secondary N) is 1. The van der Waals surface area contributed by atoms with Crippen molar-refractivity contribution < 1.29 is 4.92 Å². The zero-order valence-corrected chi connectivity index (χ0v) is 10.8. The molecule has 2 aromatic rings. The highest BCUT2D eigenvalue weighted by Crippen LogP contribution is 2.21. The fraction of sp³-hybridized carbons (Fsp3) is 0.200. The van der Waals surface area contributed by atoms with E-state index < -0.39 is 0 Å². The van der Waals surface area contributed by atoms with Crippen molar-refractivity contribution in [2.24, 2.45) is 0 Å². The van der Waals surface area contributed by atoms with E-state index in [1.165, 1.54) is 5.56 Å². The number of nitro benzene ring substituents is 1. The summed E-state index contributed by atoms with van der Waals surface area (Å²) in [5.74, 6) is 0. The molecule has 0 aliphatic rings. The van der Waals surface area contributed by atoms with Gasteiger partial charge in [-0.15, -0.1) is 0 Å². The molecule has 0 atom stereocenters. The van der Waals surface area contributed by atoms with Gasteiger partial charge in [0.2, 0.25) is 0 Å². The van der Waals surface area contributed by atoms with Crippen LogP contribution in [0.5, 0.6) is 0 Å². The molecule has 1 N–H and O–H groups in total. The monoisotopic (exact) mass is 256 g/mol. The molecule has 0 fully saturated rings. The van der Waals surface area contributed by atoms with Crippen LogP contribution in [-0.4, -0.2) is 11.5 Å². The zero-order chi connectivity index (χ0) is 13.7. The van der Waals surface area contributed by atoms with Gasteiger partial charge in [-0.25, -0.2) is 0 Å². The van der Waals surface area contributed by atoms with Gasteiger partial charge in [0.05, 0.1) is 4.92 Å². The van der Waals surface area contributed by atoms with Gasteiger partial charge in [-0.2, -0.15) is 0 Å². The van der Waals surface area contributed by atoms with E-state index in [0.717, 1.165) is 18.7 Å². The van der Waals surface area contributed by atoms with E-state index in [1.807, 2.05) is 24.3 Å². The Labute approximate surface area is 112 Å². The van der Waals surface area contributed by atoms with Crippen LogP contribution >= 0.6 is 0 Å². The molecule has 0 heterocycles. The molecule has 98 valence electrons. The zero-order valence-electron chi connectivity index (χ0n) is 10.8. The number of benzene rings is 2. The first kappa shape index (κ1) is 13.1. The van der Waals surface area contributed by atoms with Gasteiger partial charge >= 0.3 is 0 Å². The summed E-state index contributed by atoms with van der Waals surface area (Å²) in [7, 11) is 0. The SMILES string of the molecule is Cc1cc(NCCc2ccccc2)ccc1[N+](=O)[O-]. The van der Waals surface area contributed by atoms with E-state index in [2.05, 4.69) is 17.4 Å². The molecule has 0 aliphatic carbocycles. The normalized spacial score (nSPS) is 10.2. The Bertz CT molecular complexity index is 568. The van der Waals surface area contributed by atoms with Gasteiger partial charge in [-0.3, -0.25) is 10.1 Å². The number of nitro groups is 1. The summed E-state index contributed by atoms with van der Waals surface area (Å²) in [6.45, 7) is 2.56. The Kier molecular flexibility index (Phi) is 4.13. The van der Waals surface area contributed by atoms with Crippen LogP contribution in [0, 0.1) is 17.0 Å². The van der Waals surface area contributed by atoms with Gasteiger partial charge in [-0.1, -0.05) is 30.3 Å². The highest BCUT2D eigenvalue weighted by Gasteiger charge is 2.09. The average Bonchev–Trinajstić information content (AvgIpc) is 2.39. The Morgan fingerprint density at radius 3 is 2.53 bits per heavy atom. The van der Waals surface area contributed by atoms with E-state index in [-0.39, 0.29) is 10.6 Å². The third-order valence-electron chi connectivity index (χ3n) is 2.98. The van der Waals surface area contributed by atoms with E-state index in [4.69, 9.17) is 0 Å². The molecule has 2 aromatic carbocycles. The molecule has 0 saturated heterocycles. The van der Waals surface area contributed by atoms with Crippen LogP contribution < -0.4 is 5.32 Å². The molecule has 0 saturated carbocycles. The summed E-state index contributed by atoms with van der Waals surface area (Å²) in [4.78, 5) is 10.4. The van der Waals surface area contributed by atoms with Crippen molar-refractivity contribution in [3.63, 3.8) is 0 Å². The van der Waals surface area contributed by atoms with Crippen molar-refractivity contribution in [3.8, 4) is 0 Å². The third kappa shape index (κ3) is 3.55. The lowest BCUT2D eigenvalue weighted by molar-refractivity contribution is -0.385. The van der Waals surface area contributed by atoms with Crippen LogP contribution in [0.15, 0.2) is 48.5 Å². The second kappa shape index (κ2) is 6.00. The second-order valence-corrected chi connectivity index (χ2v) is 4.42. The van der Waals surface area contributed by atoms with Crippen LogP contribution in [0.3, 0.4) is 0 Å². The largest absolute Gasteiger partial charge is 0.385 e. The summed E-state index contributed by atoms with van der Waals surface area (Å²) >= 11 is 0. The molecule has 0 aliphatic heterocycles. The molecule has 0 bridgehead atoms. The number of rotatable bonds is 5. The maximum absolute atomic E-state index is 10.7. The lowest BCUT2D eigenvalue weighted by Crippen LogP contribution is -2.05. The van der Waals surface area contributed by atoms with Gasteiger partial charge in [0, 0.05) is 23.9 Å². The summed E-state index contributed by atoms with van der Waals surface area (Å²) in [5.41, 5.74) is 3.02.